The molecule has 0 bridgehead atoms. The Kier molecular flexibility index (Phi) is 13.0. The van der Waals surface area contributed by atoms with Crippen molar-refractivity contribution in [1.82, 2.24) is 0 Å². The molecule has 0 aromatic carbocycles. The van der Waals surface area contributed by atoms with Gasteiger partial charge in [-0.2, -0.15) is 7.82 Å². The summed E-state index contributed by atoms with van der Waals surface area (Å²) in [6, 6.07) is 0. The third-order valence-corrected chi connectivity index (χ3v) is 0. The summed E-state index contributed by atoms with van der Waals surface area (Å²) in [5.41, 5.74) is 0. The first-order valence-electron chi connectivity index (χ1n) is 0.730. The molecular formula is MgNbO4P+4. The van der Waals surface area contributed by atoms with Gasteiger partial charge in [0, 0.05) is 0 Å². The summed E-state index contributed by atoms with van der Waals surface area (Å²) in [5.74, 6) is 0. The average Bonchev–Trinajstić information content (AvgIpc) is 0.722. The van der Waals surface area contributed by atoms with E-state index >= 15 is 0 Å². The number of hydrogen-bond acceptors (Lipinski definition) is 4. The van der Waals surface area contributed by atoms with Crippen LogP contribution < -0.4 is 14.7 Å². The molecular weight excluding hydrogens is 212 g/mol. The van der Waals surface area contributed by atoms with Crippen molar-refractivity contribution in [2.24, 2.45) is 0 Å². The molecule has 0 aromatic rings. The van der Waals surface area contributed by atoms with Gasteiger partial charge in [-0.3, -0.25) is 0 Å². The molecule has 7 heavy (non-hydrogen) atoms. The van der Waals surface area contributed by atoms with Crippen molar-refractivity contribution < 1.29 is 41.6 Å². The standard InChI is InChI=1S/Mg.Nb.H3O4P/c;;1-5(2,3)4/h;;(H3,1,2,3,4)/q+2;+5;/p-3. The van der Waals surface area contributed by atoms with Crippen LogP contribution in [0, 0.1) is 0 Å². The summed E-state index contributed by atoms with van der Waals surface area (Å²) in [4.78, 5) is 25.6. The van der Waals surface area contributed by atoms with Crippen molar-refractivity contribution in [2.45, 2.75) is 0 Å². The Labute approximate surface area is 72.2 Å². The SMILES string of the molecule is O=P([O-])([O-])[O-].[Mg+2].[Nb+5]. The Morgan fingerprint density at radius 1 is 1.14 bits per heavy atom. The molecule has 4 nitrogen and oxygen atoms in total. The van der Waals surface area contributed by atoms with Crippen LogP contribution in [0.5, 0.6) is 0 Å². The van der Waals surface area contributed by atoms with Crippen LogP contribution in [0.1, 0.15) is 0 Å². The number of rotatable bonds is 0. The van der Waals surface area contributed by atoms with Crippen LogP contribution in [-0.4, -0.2) is 23.1 Å². The van der Waals surface area contributed by atoms with Gasteiger partial charge in [0.25, 0.3) is 0 Å². The molecule has 0 heterocycles. The van der Waals surface area contributed by atoms with Crippen LogP contribution in [0.2, 0.25) is 0 Å². The van der Waals surface area contributed by atoms with Gasteiger partial charge in [-0.15, -0.1) is 0 Å². The van der Waals surface area contributed by atoms with Crippen molar-refractivity contribution in [3.05, 3.63) is 0 Å². The minimum Gasteiger partial charge on any atom is -0.822 e. The Bertz CT molecular complexity index is 57.8. The zero-order chi connectivity index (χ0) is 4.50. The van der Waals surface area contributed by atoms with Crippen LogP contribution in [0.3, 0.4) is 0 Å². The zero-order valence-corrected chi connectivity index (χ0v) is 7.74. The summed E-state index contributed by atoms with van der Waals surface area (Å²) < 4.78 is 8.55. The molecule has 0 unspecified atom stereocenters. The Hall–Kier alpha value is 1.62. The average molecular weight is 212 g/mol. The van der Waals surface area contributed by atoms with Crippen molar-refractivity contribution in [1.29, 1.82) is 0 Å². The third-order valence-electron chi connectivity index (χ3n) is 0. The molecule has 0 aliphatic carbocycles. The molecule has 0 atom stereocenters. The van der Waals surface area contributed by atoms with Gasteiger partial charge in [-0.25, -0.2) is 0 Å². The Balaban J connectivity index is -0.0000000800. The van der Waals surface area contributed by atoms with Crippen molar-refractivity contribution >= 4 is 30.9 Å². The van der Waals surface area contributed by atoms with Crippen LogP contribution in [0.4, 0.5) is 0 Å². The van der Waals surface area contributed by atoms with E-state index in [0.717, 1.165) is 0 Å². The molecule has 0 rings (SSSR count). The van der Waals surface area contributed by atoms with E-state index in [9.17, 15) is 0 Å². The van der Waals surface area contributed by atoms with Crippen LogP contribution >= 0.6 is 7.82 Å². The quantitative estimate of drug-likeness (QED) is 0.312. The maximum atomic E-state index is 8.55. The number of hydrogen-bond donors (Lipinski definition) is 0. The predicted molar refractivity (Wildman–Crippen MR) is 13.4 cm³/mol. The molecule has 0 saturated carbocycles. The van der Waals surface area contributed by atoms with Crippen molar-refractivity contribution in [3.8, 4) is 0 Å². The molecule has 32 valence electrons. The molecule has 7 heteroatoms. The van der Waals surface area contributed by atoms with Gasteiger partial charge in [-0.05, 0) is 0 Å². The normalized spacial score (nSPS) is 8.43. The Morgan fingerprint density at radius 3 is 1.14 bits per heavy atom. The second kappa shape index (κ2) is 5.75. The first-order valence-corrected chi connectivity index (χ1v) is 2.19. The summed E-state index contributed by atoms with van der Waals surface area (Å²) in [6.45, 7) is 0. The maximum Gasteiger partial charge on any atom is 5.00 e. The summed E-state index contributed by atoms with van der Waals surface area (Å²) >= 11 is 0. The molecule has 0 spiro atoms. The monoisotopic (exact) mass is 212 g/mol. The molecule has 0 amide bonds. The van der Waals surface area contributed by atoms with Gasteiger partial charge in [0.2, 0.25) is 0 Å². The van der Waals surface area contributed by atoms with E-state index < -0.39 is 7.82 Å². The first kappa shape index (κ1) is 15.8. The fourth-order valence-electron chi connectivity index (χ4n) is 0. The van der Waals surface area contributed by atoms with E-state index in [1.165, 1.54) is 0 Å². The van der Waals surface area contributed by atoms with Gasteiger partial charge in [0.05, 0.1) is 0 Å². The van der Waals surface area contributed by atoms with E-state index in [4.69, 9.17) is 19.2 Å². The van der Waals surface area contributed by atoms with E-state index in [2.05, 4.69) is 0 Å². The second-order valence-electron chi connectivity index (χ2n) is 0.447. The zero-order valence-electron chi connectivity index (χ0n) is 3.23. The summed E-state index contributed by atoms with van der Waals surface area (Å²) in [6.07, 6.45) is 0. The van der Waals surface area contributed by atoms with E-state index in [0.29, 0.717) is 0 Å². The topological polar surface area (TPSA) is 86.2 Å². The summed E-state index contributed by atoms with van der Waals surface area (Å²) in [5, 5.41) is 0. The van der Waals surface area contributed by atoms with E-state index in [1.807, 2.05) is 0 Å². The first-order chi connectivity index (χ1) is 2.00. The van der Waals surface area contributed by atoms with Gasteiger partial charge in [0.1, 0.15) is 0 Å². The predicted octanol–water partition coefficient (Wildman–Crippen LogP) is -3.21. The maximum absolute atomic E-state index is 8.55. The largest absolute Gasteiger partial charge is 5.00 e. The second-order valence-corrected chi connectivity index (χ2v) is 1.34. The smallest absolute Gasteiger partial charge is 0.822 e. The van der Waals surface area contributed by atoms with Crippen molar-refractivity contribution in [3.63, 3.8) is 0 Å². The van der Waals surface area contributed by atoms with Gasteiger partial charge in [-0.1, -0.05) is 0 Å². The van der Waals surface area contributed by atoms with E-state index in [-0.39, 0.29) is 45.4 Å². The van der Waals surface area contributed by atoms with Crippen molar-refractivity contribution in [2.75, 3.05) is 0 Å². The minimum atomic E-state index is -5.39. The van der Waals surface area contributed by atoms with Gasteiger partial charge >= 0.3 is 45.4 Å². The molecule has 0 saturated heterocycles. The minimum absolute atomic E-state index is 0. The summed E-state index contributed by atoms with van der Waals surface area (Å²) in [7, 11) is -5.39. The van der Waals surface area contributed by atoms with Crippen LogP contribution in [-0.2, 0) is 26.9 Å². The third kappa shape index (κ3) is 91.9. The Morgan fingerprint density at radius 2 is 1.14 bits per heavy atom. The molecule has 0 fully saturated rings. The van der Waals surface area contributed by atoms with E-state index in [1.54, 1.807) is 0 Å². The molecule has 0 aliphatic heterocycles. The van der Waals surface area contributed by atoms with Crippen LogP contribution in [0.15, 0.2) is 0 Å². The fraction of sp³-hybridized carbons (Fsp3) is 0. The van der Waals surface area contributed by atoms with Gasteiger partial charge < -0.3 is 19.2 Å². The molecule has 0 aromatic heterocycles. The molecule has 0 N–H and O–H groups in total. The molecule has 0 aliphatic rings. The fourth-order valence-corrected chi connectivity index (χ4v) is 0. The van der Waals surface area contributed by atoms with Crippen LogP contribution in [0.25, 0.3) is 0 Å². The van der Waals surface area contributed by atoms with Gasteiger partial charge in [0.15, 0.2) is 0 Å². The number of phosphoric acid groups is 1. The molecule has 0 radical (unpaired) electrons.